The van der Waals surface area contributed by atoms with Crippen molar-refractivity contribution in [2.45, 2.75) is 12.2 Å². The first kappa shape index (κ1) is 11.4. The highest BCUT2D eigenvalue weighted by molar-refractivity contribution is 5.88. The van der Waals surface area contributed by atoms with Crippen LogP contribution in [0.5, 0.6) is 0 Å². The standard InChI is InChI=1S/C12H14N2O4/c15-11(16)9-1-3-13-10(7-9)14-4-2-12(8-14)17-5-6-18-12/h1,3,7H,2,4-6,8H2,(H,15,16). The highest BCUT2D eigenvalue weighted by atomic mass is 16.7. The number of hydrogen-bond donors (Lipinski definition) is 1. The van der Waals surface area contributed by atoms with Gasteiger partial charge in [0.2, 0.25) is 0 Å². The van der Waals surface area contributed by atoms with E-state index in [1.807, 2.05) is 4.90 Å². The predicted molar refractivity (Wildman–Crippen MR) is 62.7 cm³/mol. The minimum absolute atomic E-state index is 0.245. The second-order valence-electron chi connectivity index (χ2n) is 4.49. The van der Waals surface area contributed by atoms with Gasteiger partial charge in [-0.3, -0.25) is 0 Å². The monoisotopic (exact) mass is 250 g/mol. The number of anilines is 1. The van der Waals surface area contributed by atoms with Crippen LogP contribution in [0.1, 0.15) is 16.8 Å². The zero-order valence-corrected chi connectivity index (χ0v) is 9.83. The third-order valence-corrected chi connectivity index (χ3v) is 3.32. The molecular formula is C12H14N2O4. The number of rotatable bonds is 2. The summed E-state index contributed by atoms with van der Waals surface area (Å²) in [6.45, 7) is 2.60. The van der Waals surface area contributed by atoms with Gasteiger partial charge in [0.15, 0.2) is 5.79 Å². The van der Waals surface area contributed by atoms with Crippen molar-refractivity contribution in [3.8, 4) is 0 Å². The van der Waals surface area contributed by atoms with Gasteiger partial charge in [0.05, 0.1) is 25.3 Å². The molecule has 0 aliphatic carbocycles. The molecule has 6 nitrogen and oxygen atoms in total. The molecule has 0 saturated carbocycles. The van der Waals surface area contributed by atoms with Crippen LogP contribution in [0, 0.1) is 0 Å². The molecular weight excluding hydrogens is 236 g/mol. The lowest BCUT2D eigenvalue weighted by Gasteiger charge is -2.22. The van der Waals surface area contributed by atoms with Crippen LogP contribution < -0.4 is 4.90 Å². The summed E-state index contributed by atoms with van der Waals surface area (Å²) in [5.74, 6) is -0.798. The molecule has 18 heavy (non-hydrogen) atoms. The van der Waals surface area contributed by atoms with E-state index in [0.29, 0.717) is 25.6 Å². The van der Waals surface area contributed by atoms with Crippen LogP contribution in [0.15, 0.2) is 18.3 Å². The topological polar surface area (TPSA) is 71.9 Å². The van der Waals surface area contributed by atoms with Gasteiger partial charge >= 0.3 is 5.97 Å². The highest BCUT2D eigenvalue weighted by Crippen LogP contribution is 2.32. The zero-order chi connectivity index (χ0) is 12.6. The first-order valence-corrected chi connectivity index (χ1v) is 5.91. The summed E-state index contributed by atoms with van der Waals surface area (Å²) < 4.78 is 11.2. The molecule has 1 spiro atoms. The average Bonchev–Trinajstić information content (AvgIpc) is 3.01. The van der Waals surface area contributed by atoms with Gasteiger partial charge in [-0.2, -0.15) is 0 Å². The molecule has 0 amide bonds. The second-order valence-corrected chi connectivity index (χ2v) is 4.49. The van der Waals surface area contributed by atoms with E-state index in [1.54, 1.807) is 6.07 Å². The van der Waals surface area contributed by atoms with Crippen molar-refractivity contribution in [2.24, 2.45) is 0 Å². The van der Waals surface area contributed by atoms with Crippen molar-refractivity contribution >= 4 is 11.8 Å². The first-order valence-electron chi connectivity index (χ1n) is 5.91. The molecule has 2 aliphatic rings. The lowest BCUT2D eigenvalue weighted by Crippen LogP contribution is -2.34. The normalized spacial score (nSPS) is 21.7. The Balaban J connectivity index is 1.80. The van der Waals surface area contributed by atoms with E-state index in [4.69, 9.17) is 14.6 Å². The van der Waals surface area contributed by atoms with E-state index in [1.165, 1.54) is 12.3 Å². The van der Waals surface area contributed by atoms with E-state index < -0.39 is 11.8 Å². The number of pyridine rings is 1. The summed E-state index contributed by atoms with van der Waals surface area (Å²) in [5, 5.41) is 8.96. The maximum absolute atomic E-state index is 10.9. The Hall–Kier alpha value is -1.66. The lowest BCUT2D eigenvalue weighted by atomic mass is 10.2. The third kappa shape index (κ3) is 1.93. The van der Waals surface area contributed by atoms with E-state index in [2.05, 4.69) is 4.98 Å². The summed E-state index contributed by atoms with van der Waals surface area (Å²) in [6, 6.07) is 3.07. The number of ether oxygens (including phenoxy) is 2. The largest absolute Gasteiger partial charge is 0.478 e. The van der Waals surface area contributed by atoms with E-state index >= 15 is 0 Å². The number of carbonyl (C=O) groups is 1. The zero-order valence-electron chi connectivity index (χ0n) is 9.83. The predicted octanol–water partition coefficient (Wildman–Crippen LogP) is 0.733. The Labute approximate surface area is 104 Å². The molecule has 2 saturated heterocycles. The number of aromatic carboxylic acids is 1. The van der Waals surface area contributed by atoms with E-state index in [-0.39, 0.29) is 5.56 Å². The van der Waals surface area contributed by atoms with Gasteiger partial charge in [0.1, 0.15) is 5.82 Å². The quantitative estimate of drug-likeness (QED) is 0.834. The maximum atomic E-state index is 10.9. The first-order chi connectivity index (χ1) is 8.69. The number of carboxylic acids is 1. The molecule has 1 aromatic heterocycles. The molecule has 3 rings (SSSR count). The minimum atomic E-state index is -0.944. The van der Waals surface area contributed by atoms with Gasteiger partial charge in [0.25, 0.3) is 0 Å². The Bertz CT molecular complexity index is 471. The van der Waals surface area contributed by atoms with Gasteiger partial charge in [0, 0.05) is 19.2 Å². The van der Waals surface area contributed by atoms with Crippen molar-refractivity contribution in [1.29, 1.82) is 0 Å². The Kier molecular flexibility index (Phi) is 2.68. The van der Waals surface area contributed by atoms with Gasteiger partial charge < -0.3 is 19.5 Å². The van der Waals surface area contributed by atoms with Crippen molar-refractivity contribution in [1.82, 2.24) is 4.98 Å². The van der Waals surface area contributed by atoms with Crippen molar-refractivity contribution in [3.63, 3.8) is 0 Å². The van der Waals surface area contributed by atoms with Crippen molar-refractivity contribution in [3.05, 3.63) is 23.9 Å². The third-order valence-electron chi connectivity index (χ3n) is 3.32. The molecule has 2 fully saturated rings. The molecule has 3 heterocycles. The van der Waals surface area contributed by atoms with E-state index in [0.717, 1.165) is 13.0 Å². The van der Waals surface area contributed by atoms with Gasteiger partial charge in [-0.05, 0) is 12.1 Å². The van der Waals surface area contributed by atoms with Gasteiger partial charge in [-0.15, -0.1) is 0 Å². The smallest absolute Gasteiger partial charge is 0.335 e. The summed E-state index contributed by atoms with van der Waals surface area (Å²) in [6.07, 6.45) is 2.30. The minimum Gasteiger partial charge on any atom is -0.478 e. The van der Waals surface area contributed by atoms with Crippen LogP contribution in [0.3, 0.4) is 0 Å². The molecule has 96 valence electrons. The Morgan fingerprint density at radius 1 is 1.44 bits per heavy atom. The van der Waals surface area contributed by atoms with Crippen LogP contribution in [0.25, 0.3) is 0 Å². The summed E-state index contributed by atoms with van der Waals surface area (Å²) in [4.78, 5) is 17.1. The fourth-order valence-electron chi connectivity index (χ4n) is 2.41. The van der Waals surface area contributed by atoms with Crippen LogP contribution in [-0.4, -0.2) is 48.2 Å². The fraction of sp³-hybridized carbons (Fsp3) is 0.500. The van der Waals surface area contributed by atoms with E-state index in [9.17, 15) is 4.79 Å². The highest BCUT2D eigenvalue weighted by Gasteiger charge is 2.43. The lowest BCUT2D eigenvalue weighted by molar-refractivity contribution is -0.137. The van der Waals surface area contributed by atoms with Crippen molar-refractivity contribution < 1.29 is 19.4 Å². The van der Waals surface area contributed by atoms with Crippen molar-refractivity contribution in [2.75, 3.05) is 31.2 Å². The fourth-order valence-corrected chi connectivity index (χ4v) is 2.41. The molecule has 0 unspecified atom stereocenters. The number of nitrogens with zero attached hydrogens (tertiary/aromatic N) is 2. The second kappa shape index (κ2) is 4.22. The van der Waals surface area contributed by atoms with Crippen LogP contribution in [0.4, 0.5) is 5.82 Å². The molecule has 0 radical (unpaired) electrons. The molecule has 1 aromatic rings. The van der Waals surface area contributed by atoms with Crippen LogP contribution in [0.2, 0.25) is 0 Å². The molecule has 0 aromatic carbocycles. The Morgan fingerprint density at radius 3 is 2.94 bits per heavy atom. The molecule has 1 N–H and O–H groups in total. The Morgan fingerprint density at radius 2 is 2.22 bits per heavy atom. The molecule has 0 atom stereocenters. The molecule has 6 heteroatoms. The number of aromatic nitrogens is 1. The number of hydrogen-bond acceptors (Lipinski definition) is 5. The summed E-state index contributed by atoms with van der Waals surface area (Å²) >= 11 is 0. The maximum Gasteiger partial charge on any atom is 0.335 e. The number of carboxylic acid groups (broad SMARTS) is 1. The van der Waals surface area contributed by atoms with Gasteiger partial charge in [-0.25, -0.2) is 9.78 Å². The summed E-state index contributed by atoms with van der Waals surface area (Å²) in [7, 11) is 0. The average molecular weight is 250 g/mol. The van der Waals surface area contributed by atoms with Gasteiger partial charge in [-0.1, -0.05) is 0 Å². The van der Waals surface area contributed by atoms with Crippen LogP contribution in [-0.2, 0) is 9.47 Å². The SMILES string of the molecule is O=C(O)c1ccnc(N2CCC3(C2)OCCO3)c1. The molecule has 0 bridgehead atoms. The summed E-state index contributed by atoms with van der Waals surface area (Å²) in [5.41, 5.74) is 0.245. The van der Waals surface area contributed by atoms with Crippen LogP contribution >= 0.6 is 0 Å². The molecule has 2 aliphatic heterocycles.